The van der Waals surface area contributed by atoms with E-state index < -0.39 is 0 Å². The lowest BCUT2D eigenvalue weighted by molar-refractivity contribution is 1.43. The van der Waals surface area contributed by atoms with Crippen molar-refractivity contribution in [1.82, 2.24) is 9.97 Å². The van der Waals surface area contributed by atoms with Gasteiger partial charge in [-0.05, 0) is 29.8 Å². The molecule has 0 radical (unpaired) electrons. The molecule has 2 aromatic heterocycles. The van der Waals surface area contributed by atoms with E-state index in [0.29, 0.717) is 0 Å². The van der Waals surface area contributed by atoms with Gasteiger partial charge in [-0.1, -0.05) is 60.1 Å². The van der Waals surface area contributed by atoms with Crippen LogP contribution in [0, 0.1) is 0 Å². The van der Waals surface area contributed by atoms with E-state index in [1.807, 2.05) is 30.3 Å². The van der Waals surface area contributed by atoms with Crippen LogP contribution in [0.25, 0.3) is 44.2 Å². The molecule has 3 aromatic carbocycles. The van der Waals surface area contributed by atoms with Gasteiger partial charge in [0, 0.05) is 44.2 Å². The van der Waals surface area contributed by atoms with E-state index in [-0.39, 0.29) is 0 Å². The molecule has 25 heavy (non-hydrogen) atoms. The molecular formula is C22H15ClN2. The summed E-state index contributed by atoms with van der Waals surface area (Å²) in [6.45, 7) is 0. The Balaban J connectivity index is 1.90. The number of hydrogen-bond acceptors (Lipinski definition) is 0. The van der Waals surface area contributed by atoms with Crippen LogP contribution < -0.4 is 0 Å². The summed E-state index contributed by atoms with van der Waals surface area (Å²) in [6.07, 6.45) is 2.07. The van der Waals surface area contributed by atoms with Crippen LogP contribution in [0.3, 0.4) is 0 Å². The summed E-state index contributed by atoms with van der Waals surface area (Å²) < 4.78 is 0. The highest BCUT2D eigenvalue weighted by Crippen LogP contribution is 2.41. The van der Waals surface area contributed by atoms with Crippen molar-refractivity contribution in [3.63, 3.8) is 0 Å². The summed E-state index contributed by atoms with van der Waals surface area (Å²) in [6, 6.07) is 24.8. The number of H-pyrrole nitrogens is 2. The van der Waals surface area contributed by atoms with E-state index in [2.05, 4.69) is 58.6 Å². The molecule has 0 aliphatic rings. The Hall–Kier alpha value is -2.97. The summed E-state index contributed by atoms with van der Waals surface area (Å²) in [7, 11) is 0. The Labute approximate surface area is 150 Å². The van der Waals surface area contributed by atoms with Crippen molar-refractivity contribution >= 4 is 33.4 Å². The van der Waals surface area contributed by atoms with Gasteiger partial charge in [0.15, 0.2) is 0 Å². The molecule has 0 saturated heterocycles. The second-order valence-corrected chi connectivity index (χ2v) is 6.62. The molecule has 2 heterocycles. The molecular weight excluding hydrogens is 328 g/mol. The molecule has 0 bridgehead atoms. The normalized spacial score (nSPS) is 11.4. The quantitative estimate of drug-likeness (QED) is 0.360. The van der Waals surface area contributed by atoms with E-state index in [1.54, 1.807) is 0 Å². The fourth-order valence-electron chi connectivity index (χ4n) is 3.55. The Bertz CT molecular complexity index is 1200. The molecule has 120 valence electrons. The Morgan fingerprint density at radius 2 is 1.52 bits per heavy atom. The van der Waals surface area contributed by atoms with Gasteiger partial charge in [0.2, 0.25) is 0 Å². The fourth-order valence-corrected chi connectivity index (χ4v) is 3.72. The standard InChI is InChI=1S/C22H15ClN2/c23-15-10-11-20-17(12-15)21(14-6-2-1-3-7-14)22(25-20)18-13-24-19-9-5-4-8-16(18)19/h1-13,24-25H. The van der Waals surface area contributed by atoms with Crippen LogP contribution in [0.4, 0.5) is 0 Å². The number of para-hydroxylation sites is 1. The van der Waals surface area contributed by atoms with Crippen LogP contribution in [-0.4, -0.2) is 9.97 Å². The predicted octanol–water partition coefficient (Wildman–Crippen LogP) is 6.64. The molecule has 0 fully saturated rings. The highest BCUT2D eigenvalue weighted by Gasteiger charge is 2.17. The first kappa shape index (κ1) is 14.4. The van der Waals surface area contributed by atoms with Crippen molar-refractivity contribution in [2.75, 3.05) is 0 Å². The van der Waals surface area contributed by atoms with E-state index in [0.717, 1.165) is 27.1 Å². The van der Waals surface area contributed by atoms with Gasteiger partial charge in [-0.3, -0.25) is 0 Å². The van der Waals surface area contributed by atoms with Crippen molar-refractivity contribution in [2.45, 2.75) is 0 Å². The van der Waals surface area contributed by atoms with Gasteiger partial charge in [0.25, 0.3) is 0 Å². The third-order valence-corrected chi connectivity index (χ3v) is 4.92. The highest BCUT2D eigenvalue weighted by molar-refractivity contribution is 6.31. The van der Waals surface area contributed by atoms with Crippen LogP contribution in [-0.2, 0) is 0 Å². The second kappa shape index (κ2) is 5.54. The number of aromatic nitrogens is 2. The number of benzene rings is 3. The maximum atomic E-state index is 6.29. The lowest BCUT2D eigenvalue weighted by Gasteiger charge is -2.05. The van der Waals surface area contributed by atoms with Gasteiger partial charge in [0.1, 0.15) is 0 Å². The SMILES string of the molecule is Clc1ccc2[nH]c(-c3c[nH]c4ccccc34)c(-c3ccccc3)c2c1. The number of aromatic amines is 2. The number of rotatable bonds is 2. The monoisotopic (exact) mass is 342 g/mol. The molecule has 0 atom stereocenters. The minimum Gasteiger partial charge on any atom is -0.360 e. The molecule has 2 nitrogen and oxygen atoms in total. The zero-order valence-corrected chi connectivity index (χ0v) is 14.1. The van der Waals surface area contributed by atoms with Crippen molar-refractivity contribution in [3.8, 4) is 22.4 Å². The molecule has 5 aromatic rings. The third kappa shape index (κ3) is 2.26. The van der Waals surface area contributed by atoms with Crippen molar-refractivity contribution < 1.29 is 0 Å². The summed E-state index contributed by atoms with van der Waals surface area (Å²) in [5.41, 5.74) is 6.86. The van der Waals surface area contributed by atoms with Crippen LogP contribution in [0.1, 0.15) is 0 Å². The minimum atomic E-state index is 0.745. The van der Waals surface area contributed by atoms with E-state index in [9.17, 15) is 0 Å². The van der Waals surface area contributed by atoms with Crippen LogP contribution >= 0.6 is 11.6 Å². The first-order valence-electron chi connectivity index (χ1n) is 8.24. The molecule has 5 rings (SSSR count). The van der Waals surface area contributed by atoms with E-state index in [4.69, 9.17) is 11.6 Å². The van der Waals surface area contributed by atoms with Gasteiger partial charge in [-0.2, -0.15) is 0 Å². The van der Waals surface area contributed by atoms with E-state index >= 15 is 0 Å². The Kier molecular flexibility index (Phi) is 3.19. The molecule has 3 heteroatoms. The Morgan fingerprint density at radius 3 is 2.40 bits per heavy atom. The summed E-state index contributed by atoms with van der Waals surface area (Å²) >= 11 is 6.29. The highest BCUT2D eigenvalue weighted by atomic mass is 35.5. The first-order valence-corrected chi connectivity index (χ1v) is 8.62. The van der Waals surface area contributed by atoms with Gasteiger partial charge < -0.3 is 9.97 Å². The zero-order chi connectivity index (χ0) is 16.8. The predicted molar refractivity (Wildman–Crippen MR) is 106 cm³/mol. The lowest BCUT2D eigenvalue weighted by Crippen LogP contribution is -1.81. The largest absolute Gasteiger partial charge is 0.360 e. The van der Waals surface area contributed by atoms with Gasteiger partial charge in [0.05, 0.1) is 5.69 Å². The van der Waals surface area contributed by atoms with Crippen LogP contribution in [0.5, 0.6) is 0 Å². The number of hydrogen-bond donors (Lipinski definition) is 2. The van der Waals surface area contributed by atoms with Crippen molar-refractivity contribution in [3.05, 3.63) is 84.0 Å². The average Bonchev–Trinajstić information content (AvgIpc) is 3.23. The number of fused-ring (bicyclic) bond motifs is 2. The van der Waals surface area contributed by atoms with Crippen molar-refractivity contribution in [1.29, 1.82) is 0 Å². The summed E-state index contributed by atoms with van der Waals surface area (Å²) in [5, 5.41) is 3.09. The summed E-state index contributed by atoms with van der Waals surface area (Å²) in [4.78, 5) is 6.98. The summed E-state index contributed by atoms with van der Waals surface area (Å²) in [5.74, 6) is 0. The van der Waals surface area contributed by atoms with Gasteiger partial charge >= 0.3 is 0 Å². The zero-order valence-electron chi connectivity index (χ0n) is 13.4. The minimum absolute atomic E-state index is 0.745. The fraction of sp³-hybridized carbons (Fsp3) is 0. The molecule has 0 aliphatic carbocycles. The van der Waals surface area contributed by atoms with Crippen LogP contribution in [0.2, 0.25) is 5.02 Å². The third-order valence-electron chi connectivity index (χ3n) is 4.68. The Morgan fingerprint density at radius 1 is 0.720 bits per heavy atom. The smallest absolute Gasteiger partial charge is 0.0566 e. The molecule has 0 amide bonds. The molecule has 0 aliphatic heterocycles. The van der Waals surface area contributed by atoms with Gasteiger partial charge in [-0.15, -0.1) is 0 Å². The first-order chi connectivity index (χ1) is 12.3. The molecule has 0 saturated carbocycles. The van der Waals surface area contributed by atoms with E-state index in [1.165, 1.54) is 22.1 Å². The van der Waals surface area contributed by atoms with Gasteiger partial charge in [-0.25, -0.2) is 0 Å². The average molecular weight is 343 g/mol. The maximum absolute atomic E-state index is 6.29. The molecule has 2 N–H and O–H groups in total. The second-order valence-electron chi connectivity index (χ2n) is 6.18. The molecule has 0 unspecified atom stereocenters. The maximum Gasteiger partial charge on any atom is 0.0566 e. The number of halogens is 1. The molecule has 0 spiro atoms. The lowest BCUT2D eigenvalue weighted by atomic mass is 9.98. The van der Waals surface area contributed by atoms with Crippen LogP contribution in [0.15, 0.2) is 79.0 Å². The number of nitrogens with one attached hydrogen (secondary N) is 2. The topological polar surface area (TPSA) is 31.6 Å². The van der Waals surface area contributed by atoms with Crippen molar-refractivity contribution in [2.24, 2.45) is 0 Å².